The van der Waals surface area contributed by atoms with Crippen molar-refractivity contribution in [2.75, 3.05) is 6.54 Å². The maximum absolute atomic E-state index is 12.7. The van der Waals surface area contributed by atoms with E-state index in [1.54, 1.807) is 6.07 Å². The first kappa shape index (κ1) is 20.6. The lowest BCUT2D eigenvalue weighted by molar-refractivity contribution is -0.123. The molecule has 1 aromatic carbocycles. The Labute approximate surface area is 171 Å². The third-order valence-corrected chi connectivity index (χ3v) is 4.81. The minimum Gasteiger partial charge on any atom is -0.354 e. The lowest BCUT2D eigenvalue weighted by Crippen LogP contribution is -2.48. The van der Waals surface area contributed by atoms with Gasteiger partial charge in [0.25, 0.3) is 5.91 Å². The molecule has 0 radical (unpaired) electrons. The molecule has 2 heterocycles. The van der Waals surface area contributed by atoms with Gasteiger partial charge in [-0.15, -0.1) is 0 Å². The van der Waals surface area contributed by atoms with Gasteiger partial charge in [-0.2, -0.15) is 0 Å². The first-order valence-electron chi connectivity index (χ1n) is 10.0. The van der Waals surface area contributed by atoms with Crippen LogP contribution in [-0.4, -0.2) is 33.8 Å². The van der Waals surface area contributed by atoms with Crippen LogP contribution in [0.15, 0.2) is 54.9 Å². The monoisotopic (exact) mass is 392 g/mol. The number of pyridine rings is 1. The van der Waals surface area contributed by atoms with Gasteiger partial charge in [-0.1, -0.05) is 38.1 Å². The average Bonchev–Trinajstić information content (AvgIpc) is 3.10. The molecule has 3 aromatic rings. The maximum Gasteiger partial charge on any atom is 0.252 e. The SMILES string of the molecule is Cc1ccccc1C(=O)NC(CC(C)C)C(=O)NCCc1cn2ccccc2n1. The highest BCUT2D eigenvalue weighted by Gasteiger charge is 2.23. The van der Waals surface area contributed by atoms with Crippen molar-refractivity contribution in [1.82, 2.24) is 20.0 Å². The van der Waals surface area contributed by atoms with Crippen LogP contribution < -0.4 is 10.6 Å². The molecule has 2 N–H and O–H groups in total. The fourth-order valence-corrected chi connectivity index (χ4v) is 3.31. The number of benzene rings is 1. The zero-order valence-electron chi connectivity index (χ0n) is 17.2. The second-order valence-electron chi connectivity index (χ2n) is 7.71. The predicted molar refractivity (Wildman–Crippen MR) is 114 cm³/mol. The van der Waals surface area contributed by atoms with Gasteiger partial charge >= 0.3 is 0 Å². The smallest absolute Gasteiger partial charge is 0.252 e. The number of nitrogens with zero attached hydrogens (tertiary/aromatic N) is 2. The number of imidazole rings is 1. The number of carbonyl (C=O) groups excluding carboxylic acids is 2. The Morgan fingerprint density at radius 2 is 1.86 bits per heavy atom. The second-order valence-corrected chi connectivity index (χ2v) is 7.71. The van der Waals surface area contributed by atoms with Crippen molar-refractivity contribution in [3.8, 4) is 0 Å². The van der Waals surface area contributed by atoms with Gasteiger partial charge in [0.1, 0.15) is 11.7 Å². The van der Waals surface area contributed by atoms with Crippen molar-refractivity contribution < 1.29 is 9.59 Å². The first-order chi connectivity index (χ1) is 13.9. The third kappa shape index (κ3) is 5.44. The maximum atomic E-state index is 12.7. The van der Waals surface area contributed by atoms with Crippen molar-refractivity contribution >= 4 is 17.5 Å². The summed E-state index contributed by atoms with van der Waals surface area (Å²) in [4.78, 5) is 29.9. The van der Waals surface area contributed by atoms with Gasteiger partial charge in [-0.25, -0.2) is 4.98 Å². The molecule has 6 nitrogen and oxygen atoms in total. The van der Waals surface area contributed by atoms with Gasteiger partial charge in [0.05, 0.1) is 5.69 Å². The van der Waals surface area contributed by atoms with Crippen LogP contribution in [0.4, 0.5) is 0 Å². The van der Waals surface area contributed by atoms with Crippen molar-refractivity contribution in [2.45, 2.75) is 39.7 Å². The molecule has 2 amide bonds. The summed E-state index contributed by atoms with van der Waals surface area (Å²) in [5.41, 5.74) is 3.29. The van der Waals surface area contributed by atoms with Crippen LogP contribution in [0.2, 0.25) is 0 Å². The Morgan fingerprint density at radius 1 is 1.10 bits per heavy atom. The van der Waals surface area contributed by atoms with Gasteiger partial charge < -0.3 is 15.0 Å². The number of hydrogen-bond acceptors (Lipinski definition) is 3. The molecule has 0 saturated heterocycles. The molecule has 152 valence electrons. The van der Waals surface area contributed by atoms with E-state index < -0.39 is 6.04 Å². The Bertz CT molecular complexity index is 960. The van der Waals surface area contributed by atoms with E-state index in [0.717, 1.165) is 16.9 Å². The van der Waals surface area contributed by atoms with E-state index in [4.69, 9.17) is 0 Å². The Balaban J connectivity index is 1.59. The van der Waals surface area contributed by atoms with Crippen molar-refractivity contribution in [1.29, 1.82) is 0 Å². The molecule has 1 atom stereocenters. The first-order valence-corrected chi connectivity index (χ1v) is 10.0. The summed E-state index contributed by atoms with van der Waals surface area (Å²) in [6.45, 7) is 6.44. The minimum absolute atomic E-state index is 0.163. The fraction of sp³-hybridized carbons (Fsp3) is 0.348. The molecule has 2 aromatic heterocycles. The zero-order valence-corrected chi connectivity index (χ0v) is 17.2. The average molecular weight is 393 g/mol. The number of amides is 2. The summed E-state index contributed by atoms with van der Waals surface area (Å²) in [5.74, 6) is -0.102. The zero-order chi connectivity index (χ0) is 20.8. The number of hydrogen-bond donors (Lipinski definition) is 2. The Kier molecular flexibility index (Phi) is 6.65. The van der Waals surface area contributed by atoms with E-state index in [1.807, 2.05) is 74.0 Å². The van der Waals surface area contributed by atoms with Crippen molar-refractivity contribution in [2.24, 2.45) is 5.92 Å². The highest BCUT2D eigenvalue weighted by atomic mass is 16.2. The van der Waals surface area contributed by atoms with E-state index in [-0.39, 0.29) is 17.7 Å². The largest absolute Gasteiger partial charge is 0.354 e. The number of fused-ring (bicyclic) bond motifs is 1. The molecule has 29 heavy (non-hydrogen) atoms. The van der Waals surface area contributed by atoms with Gasteiger partial charge in [0.2, 0.25) is 5.91 Å². The summed E-state index contributed by atoms with van der Waals surface area (Å²) >= 11 is 0. The molecule has 6 heteroatoms. The molecule has 0 bridgehead atoms. The molecule has 1 unspecified atom stereocenters. The topological polar surface area (TPSA) is 75.5 Å². The van der Waals surface area contributed by atoms with Crippen LogP contribution in [0.1, 0.15) is 41.9 Å². The highest BCUT2D eigenvalue weighted by Crippen LogP contribution is 2.10. The van der Waals surface area contributed by atoms with Gasteiger partial charge in [0, 0.05) is 30.9 Å². The highest BCUT2D eigenvalue weighted by molar-refractivity contribution is 5.98. The fourth-order valence-electron chi connectivity index (χ4n) is 3.31. The molecule has 0 aliphatic carbocycles. The van der Waals surface area contributed by atoms with Crippen LogP contribution in [0, 0.1) is 12.8 Å². The van der Waals surface area contributed by atoms with E-state index in [0.29, 0.717) is 24.9 Å². The number of rotatable bonds is 8. The van der Waals surface area contributed by atoms with Crippen molar-refractivity contribution in [3.05, 3.63) is 71.7 Å². The summed E-state index contributed by atoms with van der Waals surface area (Å²) in [6, 6.07) is 12.7. The van der Waals surface area contributed by atoms with Crippen LogP contribution in [0.25, 0.3) is 5.65 Å². The lowest BCUT2D eigenvalue weighted by Gasteiger charge is -2.20. The standard InChI is InChI=1S/C23H28N4O2/c1-16(2)14-20(26-22(28)19-9-5-4-8-17(19)3)23(29)24-12-11-18-15-27-13-7-6-10-21(27)25-18/h4-10,13,15-16,20H,11-12,14H2,1-3H3,(H,24,29)(H,26,28). The van der Waals surface area contributed by atoms with E-state index in [2.05, 4.69) is 15.6 Å². The molecule has 3 rings (SSSR count). The molecule has 0 spiro atoms. The predicted octanol–water partition coefficient (Wildman–Crippen LogP) is 3.15. The number of carbonyl (C=O) groups is 2. The number of aryl methyl sites for hydroxylation is 1. The molecular formula is C23H28N4O2. The third-order valence-electron chi connectivity index (χ3n) is 4.81. The normalized spacial score (nSPS) is 12.1. The van der Waals surface area contributed by atoms with E-state index in [1.165, 1.54) is 0 Å². The van der Waals surface area contributed by atoms with E-state index in [9.17, 15) is 9.59 Å². The Morgan fingerprint density at radius 3 is 2.59 bits per heavy atom. The van der Waals surface area contributed by atoms with Gasteiger partial charge in [0.15, 0.2) is 0 Å². The Hall–Kier alpha value is -3.15. The second kappa shape index (κ2) is 9.37. The molecule has 0 aliphatic heterocycles. The molecule has 0 fully saturated rings. The van der Waals surface area contributed by atoms with Crippen molar-refractivity contribution in [3.63, 3.8) is 0 Å². The minimum atomic E-state index is -0.567. The summed E-state index contributed by atoms with van der Waals surface area (Å²) < 4.78 is 1.96. The van der Waals surface area contributed by atoms with E-state index >= 15 is 0 Å². The number of aromatic nitrogens is 2. The quantitative estimate of drug-likeness (QED) is 0.618. The molecular weight excluding hydrogens is 364 g/mol. The van der Waals surface area contributed by atoms with Crippen LogP contribution in [0.5, 0.6) is 0 Å². The molecule has 0 saturated carbocycles. The summed E-state index contributed by atoms with van der Waals surface area (Å²) in [5, 5.41) is 5.85. The van der Waals surface area contributed by atoms with Crippen LogP contribution in [-0.2, 0) is 11.2 Å². The lowest BCUT2D eigenvalue weighted by atomic mass is 10.0. The van der Waals surface area contributed by atoms with Crippen LogP contribution in [0.3, 0.4) is 0 Å². The van der Waals surface area contributed by atoms with Crippen LogP contribution >= 0.6 is 0 Å². The number of nitrogens with one attached hydrogen (secondary N) is 2. The molecule has 0 aliphatic rings. The summed E-state index contributed by atoms with van der Waals surface area (Å²) in [6.07, 6.45) is 5.13. The van der Waals surface area contributed by atoms with Gasteiger partial charge in [-0.3, -0.25) is 9.59 Å². The van der Waals surface area contributed by atoms with Gasteiger partial charge in [-0.05, 0) is 43.0 Å². The summed E-state index contributed by atoms with van der Waals surface area (Å²) in [7, 11) is 0.